The lowest BCUT2D eigenvalue weighted by atomic mass is 9.99. The molecule has 0 bridgehead atoms. The van der Waals surface area contributed by atoms with Gasteiger partial charge < -0.3 is 18.8 Å². The van der Waals surface area contributed by atoms with Crippen LogP contribution in [0.4, 0.5) is 0 Å². The van der Waals surface area contributed by atoms with Gasteiger partial charge in [-0.25, -0.2) is 0 Å². The molecule has 5 rings (SSSR count). The van der Waals surface area contributed by atoms with Crippen molar-refractivity contribution >= 4 is 16.7 Å². The molecular formula is C37H41N3O4. The van der Waals surface area contributed by atoms with Gasteiger partial charge in [-0.1, -0.05) is 68.4 Å². The number of carbonyl (C=O) groups excluding carboxylic acids is 1. The fourth-order valence-corrected chi connectivity index (χ4v) is 5.26. The first-order chi connectivity index (χ1) is 21.5. The largest absolute Gasteiger partial charge is 0.494 e. The van der Waals surface area contributed by atoms with Crippen LogP contribution in [-0.4, -0.2) is 41.3 Å². The topological polar surface area (TPSA) is 77.7 Å². The maximum atomic E-state index is 13.3. The van der Waals surface area contributed by atoms with Gasteiger partial charge in [0.2, 0.25) is 11.8 Å². The molecule has 0 N–H and O–H groups in total. The summed E-state index contributed by atoms with van der Waals surface area (Å²) in [6.07, 6.45) is 3.06. The standard InChI is InChI=1S/C37H41N3O4/c1-5-9-35-38-39-36(44-35)34(42-7-3)22-26-12-14-28(15-13-26)29-11-8-10-27(21-29)25-40(4)37(41)32-17-16-31-24-33(43-20-6-2)19-18-30(31)23-32/h8,10-19,21,23-24,34H,5-7,9,20,22,25H2,1-4H3. The summed E-state index contributed by atoms with van der Waals surface area (Å²) >= 11 is 0. The molecule has 1 atom stereocenters. The first-order valence-corrected chi connectivity index (χ1v) is 15.5. The van der Waals surface area contributed by atoms with Gasteiger partial charge in [0.25, 0.3) is 5.91 Å². The van der Waals surface area contributed by atoms with Crippen molar-refractivity contribution < 1.29 is 18.7 Å². The predicted octanol–water partition coefficient (Wildman–Crippen LogP) is 8.22. The molecule has 1 heterocycles. The second kappa shape index (κ2) is 14.8. The van der Waals surface area contributed by atoms with E-state index in [2.05, 4.69) is 66.5 Å². The lowest BCUT2D eigenvalue weighted by Gasteiger charge is -2.18. The smallest absolute Gasteiger partial charge is 0.253 e. The highest BCUT2D eigenvalue weighted by molar-refractivity contribution is 5.98. The Hall–Kier alpha value is -4.49. The first-order valence-electron chi connectivity index (χ1n) is 15.5. The highest BCUT2D eigenvalue weighted by Crippen LogP contribution is 2.27. The molecule has 0 aliphatic rings. The summed E-state index contributed by atoms with van der Waals surface area (Å²) in [4.78, 5) is 15.1. The molecule has 4 aromatic carbocycles. The molecule has 228 valence electrons. The lowest BCUT2D eigenvalue weighted by molar-refractivity contribution is 0.0422. The van der Waals surface area contributed by atoms with E-state index in [1.165, 1.54) is 0 Å². The zero-order valence-corrected chi connectivity index (χ0v) is 26.1. The summed E-state index contributed by atoms with van der Waals surface area (Å²) in [6.45, 7) is 7.91. The van der Waals surface area contributed by atoms with Crippen LogP contribution < -0.4 is 4.74 Å². The van der Waals surface area contributed by atoms with Crippen molar-refractivity contribution in [2.24, 2.45) is 0 Å². The molecule has 0 aliphatic carbocycles. The Morgan fingerprint density at radius 1 is 0.841 bits per heavy atom. The predicted molar refractivity (Wildman–Crippen MR) is 174 cm³/mol. The van der Waals surface area contributed by atoms with Crippen LogP contribution in [0.2, 0.25) is 0 Å². The number of fused-ring (bicyclic) bond motifs is 1. The Morgan fingerprint density at radius 3 is 2.41 bits per heavy atom. The van der Waals surface area contributed by atoms with E-state index in [9.17, 15) is 4.79 Å². The van der Waals surface area contributed by atoms with Gasteiger partial charge >= 0.3 is 0 Å². The van der Waals surface area contributed by atoms with Crippen LogP contribution in [0.15, 0.2) is 89.3 Å². The Labute approximate surface area is 259 Å². The number of rotatable bonds is 14. The molecule has 1 unspecified atom stereocenters. The monoisotopic (exact) mass is 591 g/mol. The lowest BCUT2D eigenvalue weighted by Crippen LogP contribution is -2.26. The van der Waals surface area contributed by atoms with E-state index in [4.69, 9.17) is 13.9 Å². The molecule has 0 aliphatic heterocycles. The molecule has 7 heteroatoms. The SMILES string of the molecule is CCCOc1ccc2cc(C(=O)N(C)Cc3cccc(-c4ccc(CC(OCC)c5nnc(CCC)o5)cc4)c3)ccc2c1. The molecule has 0 spiro atoms. The van der Waals surface area contributed by atoms with E-state index in [1.807, 2.05) is 56.4 Å². The molecule has 1 amide bonds. The van der Waals surface area contributed by atoms with Crippen molar-refractivity contribution in [3.05, 3.63) is 113 Å². The number of aromatic nitrogens is 2. The quantitative estimate of drug-likeness (QED) is 0.129. The average Bonchev–Trinajstić information content (AvgIpc) is 3.52. The molecular weight excluding hydrogens is 550 g/mol. The summed E-state index contributed by atoms with van der Waals surface area (Å²) in [7, 11) is 1.85. The first kappa shape index (κ1) is 31.0. The van der Waals surface area contributed by atoms with Crippen LogP contribution in [-0.2, 0) is 24.1 Å². The summed E-state index contributed by atoms with van der Waals surface area (Å²) < 4.78 is 17.5. The van der Waals surface area contributed by atoms with Gasteiger partial charge in [-0.3, -0.25) is 4.79 Å². The van der Waals surface area contributed by atoms with E-state index >= 15 is 0 Å². The third-order valence-electron chi connectivity index (χ3n) is 7.52. The van der Waals surface area contributed by atoms with Crippen LogP contribution >= 0.6 is 0 Å². The van der Waals surface area contributed by atoms with E-state index in [0.29, 0.717) is 43.5 Å². The Kier molecular flexibility index (Phi) is 10.4. The van der Waals surface area contributed by atoms with Gasteiger partial charge in [-0.15, -0.1) is 10.2 Å². The minimum atomic E-state index is -0.278. The number of amides is 1. The molecule has 0 saturated heterocycles. The second-order valence-electron chi connectivity index (χ2n) is 11.1. The maximum absolute atomic E-state index is 13.3. The number of benzene rings is 4. The zero-order chi connectivity index (χ0) is 30.9. The third kappa shape index (κ3) is 7.71. The number of carbonyl (C=O) groups is 1. The van der Waals surface area contributed by atoms with Crippen molar-refractivity contribution in [1.29, 1.82) is 0 Å². The van der Waals surface area contributed by atoms with Crippen molar-refractivity contribution in [2.45, 2.75) is 59.1 Å². The normalized spacial score (nSPS) is 11.9. The molecule has 1 aromatic heterocycles. The van der Waals surface area contributed by atoms with Gasteiger partial charge in [0.1, 0.15) is 11.9 Å². The fraction of sp³-hybridized carbons (Fsp3) is 0.324. The molecule has 44 heavy (non-hydrogen) atoms. The number of aryl methyl sites for hydroxylation is 1. The summed E-state index contributed by atoms with van der Waals surface area (Å²) in [5.74, 6) is 2.02. The fourth-order valence-electron chi connectivity index (χ4n) is 5.26. The third-order valence-corrected chi connectivity index (χ3v) is 7.52. The number of hydrogen-bond acceptors (Lipinski definition) is 6. The van der Waals surface area contributed by atoms with E-state index in [1.54, 1.807) is 4.90 Å². The molecule has 0 saturated carbocycles. The maximum Gasteiger partial charge on any atom is 0.253 e. The van der Waals surface area contributed by atoms with Crippen molar-refractivity contribution in [2.75, 3.05) is 20.3 Å². The number of nitrogens with zero attached hydrogens (tertiary/aromatic N) is 3. The molecule has 7 nitrogen and oxygen atoms in total. The minimum absolute atomic E-state index is 0.0140. The average molecular weight is 592 g/mol. The van der Waals surface area contributed by atoms with Gasteiger partial charge in [-0.05, 0) is 83.1 Å². The Morgan fingerprint density at radius 2 is 1.64 bits per heavy atom. The van der Waals surface area contributed by atoms with Crippen LogP contribution in [0.25, 0.3) is 21.9 Å². The highest BCUT2D eigenvalue weighted by atomic mass is 16.5. The van der Waals surface area contributed by atoms with Crippen LogP contribution in [0, 0.1) is 0 Å². The van der Waals surface area contributed by atoms with E-state index < -0.39 is 0 Å². The number of ether oxygens (including phenoxy) is 2. The molecule has 5 aromatic rings. The molecule has 0 fully saturated rings. The Balaban J connectivity index is 1.24. The van der Waals surface area contributed by atoms with Gasteiger partial charge in [0.05, 0.1) is 6.61 Å². The minimum Gasteiger partial charge on any atom is -0.494 e. The summed E-state index contributed by atoms with van der Waals surface area (Å²) in [6, 6.07) is 28.6. The summed E-state index contributed by atoms with van der Waals surface area (Å²) in [5.41, 5.74) is 5.07. The zero-order valence-electron chi connectivity index (χ0n) is 26.1. The highest BCUT2D eigenvalue weighted by Gasteiger charge is 2.20. The van der Waals surface area contributed by atoms with Crippen molar-refractivity contribution in [1.82, 2.24) is 15.1 Å². The van der Waals surface area contributed by atoms with Gasteiger partial charge in [0.15, 0.2) is 0 Å². The van der Waals surface area contributed by atoms with E-state index in [-0.39, 0.29) is 12.0 Å². The van der Waals surface area contributed by atoms with Crippen molar-refractivity contribution in [3.8, 4) is 16.9 Å². The van der Waals surface area contributed by atoms with Crippen LogP contribution in [0.5, 0.6) is 5.75 Å². The Bertz CT molecular complexity index is 1680. The molecule has 0 radical (unpaired) electrons. The van der Waals surface area contributed by atoms with E-state index in [0.717, 1.165) is 58.0 Å². The second-order valence-corrected chi connectivity index (χ2v) is 11.1. The van der Waals surface area contributed by atoms with Gasteiger partial charge in [0, 0.05) is 38.6 Å². The van der Waals surface area contributed by atoms with Crippen LogP contribution in [0.3, 0.4) is 0 Å². The van der Waals surface area contributed by atoms with Crippen LogP contribution in [0.1, 0.15) is 73.0 Å². The summed E-state index contributed by atoms with van der Waals surface area (Å²) in [5, 5.41) is 10.5. The van der Waals surface area contributed by atoms with Gasteiger partial charge in [-0.2, -0.15) is 0 Å². The number of hydrogen-bond donors (Lipinski definition) is 0. The van der Waals surface area contributed by atoms with Crippen molar-refractivity contribution in [3.63, 3.8) is 0 Å².